The number of fused-ring (bicyclic) bond motifs is 1. The average Bonchev–Trinajstić information content (AvgIpc) is 3.34. The minimum atomic E-state index is -0.530. The van der Waals surface area contributed by atoms with E-state index in [2.05, 4.69) is 5.16 Å². The van der Waals surface area contributed by atoms with Crippen molar-refractivity contribution >= 4 is 17.6 Å². The molecule has 0 aliphatic carbocycles. The van der Waals surface area contributed by atoms with E-state index in [4.69, 9.17) is 9.26 Å². The van der Waals surface area contributed by atoms with Crippen LogP contribution in [0.4, 0.5) is 5.69 Å². The quantitative estimate of drug-likeness (QED) is 0.634. The predicted octanol–water partition coefficient (Wildman–Crippen LogP) is 3.53. The minimum absolute atomic E-state index is 0.0408. The van der Waals surface area contributed by atoms with Crippen LogP contribution in [-0.4, -0.2) is 34.2 Å². The van der Waals surface area contributed by atoms with Crippen LogP contribution in [-0.2, 0) is 16.0 Å². The number of benzene rings is 1. The molecular formula is C22H23N3O4. The van der Waals surface area contributed by atoms with E-state index >= 15 is 0 Å². The summed E-state index contributed by atoms with van der Waals surface area (Å²) in [4.78, 5) is 27.1. The van der Waals surface area contributed by atoms with Gasteiger partial charge in [-0.2, -0.15) is 0 Å². The van der Waals surface area contributed by atoms with Crippen LogP contribution in [0.1, 0.15) is 40.0 Å². The summed E-state index contributed by atoms with van der Waals surface area (Å²) in [6.07, 6.45) is 0.800. The second-order valence-electron chi connectivity index (χ2n) is 7.44. The number of esters is 1. The average molecular weight is 393 g/mol. The lowest BCUT2D eigenvalue weighted by Crippen LogP contribution is -2.38. The molecule has 1 atom stereocenters. The molecule has 1 aromatic carbocycles. The molecule has 0 spiro atoms. The summed E-state index contributed by atoms with van der Waals surface area (Å²) in [6, 6.07) is 11.4. The molecule has 7 heteroatoms. The summed E-state index contributed by atoms with van der Waals surface area (Å²) in [5.41, 5.74) is 3.95. The second-order valence-corrected chi connectivity index (χ2v) is 7.44. The zero-order valence-corrected chi connectivity index (χ0v) is 16.9. The molecule has 0 N–H and O–H groups in total. The normalized spacial score (nSPS) is 15.4. The number of rotatable bonds is 4. The van der Waals surface area contributed by atoms with Crippen LogP contribution >= 0.6 is 0 Å². The summed E-state index contributed by atoms with van der Waals surface area (Å²) >= 11 is 0. The standard InChI is InChI=1S/C22H23N3O4/c1-13-9-17-7-5-6-8-19(17)25(13)21(26)12-28-22(27)18-10-14(2)24(16(18)4)20-11-15(3)29-23-20/h5-8,10-11,13H,9,12H2,1-4H3/t13-/m1/s1. The van der Waals surface area contributed by atoms with E-state index in [1.54, 1.807) is 17.0 Å². The van der Waals surface area contributed by atoms with E-state index in [0.717, 1.165) is 23.4 Å². The maximum atomic E-state index is 12.8. The number of aryl methyl sites for hydroxylation is 2. The Morgan fingerprint density at radius 3 is 2.69 bits per heavy atom. The molecule has 7 nitrogen and oxygen atoms in total. The fourth-order valence-corrected chi connectivity index (χ4v) is 4.00. The van der Waals surface area contributed by atoms with Crippen molar-refractivity contribution in [2.45, 2.75) is 40.2 Å². The van der Waals surface area contributed by atoms with Crippen LogP contribution in [0.25, 0.3) is 5.82 Å². The molecular weight excluding hydrogens is 370 g/mol. The molecule has 4 rings (SSSR count). The molecule has 1 aliphatic heterocycles. The van der Waals surface area contributed by atoms with Crippen molar-refractivity contribution in [1.29, 1.82) is 0 Å². The molecule has 0 bridgehead atoms. The van der Waals surface area contributed by atoms with Crippen molar-refractivity contribution in [2.24, 2.45) is 0 Å². The Morgan fingerprint density at radius 1 is 1.21 bits per heavy atom. The fraction of sp³-hybridized carbons (Fsp3) is 0.318. The first-order valence-electron chi connectivity index (χ1n) is 9.56. The number of amides is 1. The molecule has 0 unspecified atom stereocenters. The van der Waals surface area contributed by atoms with E-state index in [0.29, 0.717) is 22.8 Å². The molecule has 0 saturated heterocycles. The Labute approximate surface area is 168 Å². The van der Waals surface area contributed by atoms with Gasteiger partial charge in [-0.25, -0.2) is 4.79 Å². The van der Waals surface area contributed by atoms with Gasteiger partial charge in [-0.05, 0) is 51.8 Å². The second kappa shape index (κ2) is 7.24. The van der Waals surface area contributed by atoms with Crippen molar-refractivity contribution in [3.8, 4) is 5.82 Å². The maximum absolute atomic E-state index is 12.8. The van der Waals surface area contributed by atoms with Gasteiger partial charge in [0.2, 0.25) is 0 Å². The summed E-state index contributed by atoms with van der Waals surface area (Å²) in [5, 5.41) is 4.01. The minimum Gasteiger partial charge on any atom is -0.452 e. The maximum Gasteiger partial charge on any atom is 0.340 e. The van der Waals surface area contributed by atoms with Crippen LogP contribution in [0.2, 0.25) is 0 Å². The largest absolute Gasteiger partial charge is 0.452 e. The van der Waals surface area contributed by atoms with Crippen LogP contribution in [0.5, 0.6) is 0 Å². The zero-order valence-electron chi connectivity index (χ0n) is 16.9. The molecule has 29 heavy (non-hydrogen) atoms. The summed E-state index contributed by atoms with van der Waals surface area (Å²) < 4.78 is 12.3. The number of para-hydroxylation sites is 1. The van der Waals surface area contributed by atoms with Gasteiger partial charge in [0.05, 0.1) is 5.56 Å². The fourth-order valence-electron chi connectivity index (χ4n) is 4.00. The lowest BCUT2D eigenvalue weighted by molar-refractivity contribution is -0.122. The zero-order chi connectivity index (χ0) is 20.7. The lowest BCUT2D eigenvalue weighted by Gasteiger charge is -2.22. The molecule has 1 amide bonds. The van der Waals surface area contributed by atoms with E-state index in [-0.39, 0.29) is 18.6 Å². The van der Waals surface area contributed by atoms with Crippen molar-refractivity contribution in [3.05, 3.63) is 64.7 Å². The molecule has 0 fully saturated rings. The summed E-state index contributed by atoms with van der Waals surface area (Å²) in [7, 11) is 0. The van der Waals surface area contributed by atoms with Gasteiger partial charge in [0.25, 0.3) is 5.91 Å². The highest BCUT2D eigenvalue weighted by Crippen LogP contribution is 2.31. The number of hydrogen-bond donors (Lipinski definition) is 0. The molecule has 3 heterocycles. The predicted molar refractivity (Wildman–Crippen MR) is 107 cm³/mol. The smallest absolute Gasteiger partial charge is 0.340 e. The molecule has 1 aliphatic rings. The van der Waals surface area contributed by atoms with Gasteiger partial charge < -0.3 is 14.2 Å². The number of carbonyl (C=O) groups excluding carboxylic acids is 2. The monoisotopic (exact) mass is 393 g/mol. The third-order valence-corrected chi connectivity index (χ3v) is 5.30. The van der Waals surface area contributed by atoms with Crippen molar-refractivity contribution in [1.82, 2.24) is 9.72 Å². The van der Waals surface area contributed by atoms with E-state index in [9.17, 15) is 9.59 Å². The van der Waals surface area contributed by atoms with Crippen LogP contribution in [0.3, 0.4) is 0 Å². The SMILES string of the molecule is Cc1cc(-n2c(C)cc(C(=O)OCC(=O)N3c4ccccc4C[C@H]3C)c2C)no1. The van der Waals surface area contributed by atoms with Gasteiger partial charge in [-0.1, -0.05) is 23.4 Å². The lowest BCUT2D eigenvalue weighted by atomic mass is 10.1. The summed E-state index contributed by atoms with van der Waals surface area (Å²) in [5.74, 6) is 0.534. The highest BCUT2D eigenvalue weighted by Gasteiger charge is 2.31. The first kappa shape index (κ1) is 19.0. The Hall–Kier alpha value is -3.35. The van der Waals surface area contributed by atoms with Gasteiger partial charge in [0.15, 0.2) is 12.4 Å². The number of aromatic nitrogens is 2. The van der Waals surface area contributed by atoms with E-state index in [1.165, 1.54) is 0 Å². The molecule has 3 aromatic rings. The third kappa shape index (κ3) is 3.33. The number of ether oxygens (including phenoxy) is 1. The first-order valence-corrected chi connectivity index (χ1v) is 9.56. The molecule has 0 radical (unpaired) electrons. The van der Waals surface area contributed by atoms with Gasteiger partial charge in [-0.3, -0.25) is 9.36 Å². The van der Waals surface area contributed by atoms with Gasteiger partial charge in [0, 0.05) is 29.2 Å². The number of nitrogens with zero attached hydrogens (tertiary/aromatic N) is 3. The number of carbonyl (C=O) groups is 2. The van der Waals surface area contributed by atoms with Crippen molar-refractivity contribution in [2.75, 3.05) is 11.5 Å². The molecule has 2 aromatic heterocycles. The van der Waals surface area contributed by atoms with Crippen LogP contribution < -0.4 is 4.90 Å². The highest BCUT2D eigenvalue weighted by molar-refractivity contribution is 5.99. The molecule has 0 saturated carbocycles. The van der Waals surface area contributed by atoms with Gasteiger partial charge >= 0.3 is 5.97 Å². The Bertz CT molecular complexity index is 1100. The Morgan fingerprint density at radius 2 is 1.97 bits per heavy atom. The molecule has 150 valence electrons. The van der Waals surface area contributed by atoms with Crippen molar-refractivity contribution < 1.29 is 18.8 Å². The van der Waals surface area contributed by atoms with E-state index in [1.807, 2.05) is 56.5 Å². The first-order chi connectivity index (χ1) is 13.9. The van der Waals surface area contributed by atoms with E-state index < -0.39 is 5.97 Å². The Kier molecular flexibility index (Phi) is 4.74. The number of anilines is 1. The van der Waals surface area contributed by atoms with Crippen LogP contribution in [0.15, 0.2) is 40.9 Å². The van der Waals surface area contributed by atoms with Gasteiger partial charge in [0.1, 0.15) is 5.76 Å². The van der Waals surface area contributed by atoms with Gasteiger partial charge in [-0.15, -0.1) is 0 Å². The number of hydrogen-bond acceptors (Lipinski definition) is 5. The topological polar surface area (TPSA) is 77.6 Å². The highest BCUT2D eigenvalue weighted by atomic mass is 16.5. The van der Waals surface area contributed by atoms with Crippen molar-refractivity contribution in [3.63, 3.8) is 0 Å². The summed E-state index contributed by atoms with van der Waals surface area (Å²) in [6.45, 7) is 7.19. The third-order valence-electron chi connectivity index (χ3n) is 5.30. The van der Waals surface area contributed by atoms with Crippen LogP contribution in [0, 0.1) is 20.8 Å². The Balaban J connectivity index is 1.49.